The van der Waals surface area contributed by atoms with Gasteiger partial charge in [-0.15, -0.1) is 0 Å². The molecule has 1 aromatic carbocycles. The van der Waals surface area contributed by atoms with Gasteiger partial charge in [0.25, 0.3) is 0 Å². The number of fused-ring (bicyclic) bond motifs is 5. The predicted octanol–water partition coefficient (Wildman–Crippen LogP) is 3.25. The minimum absolute atomic E-state index is 0.522. The van der Waals surface area contributed by atoms with Gasteiger partial charge in [-0.05, 0) is 73.6 Å². The van der Waals surface area contributed by atoms with Crippen LogP contribution in [0.15, 0.2) is 24.3 Å². The van der Waals surface area contributed by atoms with Crippen molar-refractivity contribution in [3.8, 4) is 5.75 Å². The molecule has 0 radical (unpaired) electrons. The quantitative estimate of drug-likeness (QED) is 0.894. The molecule has 2 heteroatoms. The van der Waals surface area contributed by atoms with Crippen LogP contribution in [0.5, 0.6) is 5.75 Å². The van der Waals surface area contributed by atoms with Gasteiger partial charge in [-0.1, -0.05) is 12.1 Å². The smallest absolute Gasteiger partial charge is 0.119 e. The third-order valence-corrected chi connectivity index (χ3v) is 5.94. The van der Waals surface area contributed by atoms with Crippen LogP contribution in [0.1, 0.15) is 30.9 Å². The number of ether oxygens (including phenoxy) is 1. The number of rotatable bonds is 4. The lowest BCUT2D eigenvalue weighted by Gasteiger charge is -2.21. The van der Waals surface area contributed by atoms with Crippen molar-refractivity contribution in [3.63, 3.8) is 0 Å². The van der Waals surface area contributed by atoms with Gasteiger partial charge >= 0.3 is 0 Å². The zero-order chi connectivity index (χ0) is 13.0. The Morgan fingerprint density at radius 3 is 2.58 bits per heavy atom. The molecule has 2 bridgehead atoms. The molecule has 0 aromatic heterocycles. The number of hydrogen-bond acceptors (Lipinski definition) is 2. The largest absolute Gasteiger partial charge is 0.497 e. The zero-order valence-electron chi connectivity index (χ0n) is 11.8. The van der Waals surface area contributed by atoms with Gasteiger partial charge in [0, 0.05) is 6.04 Å². The van der Waals surface area contributed by atoms with Crippen LogP contribution in [0.4, 0.5) is 0 Å². The fourth-order valence-electron chi connectivity index (χ4n) is 5.25. The summed E-state index contributed by atoms with van der Waals surface area (Å²) in [7, 11) is 3.86. The molecule has 3 aliphatic carbocycles. The van der Waals surface area contributed by atoms with E-state index in [1.807, 2.05) is 6.07 Å². The molecule has 3 fully saturated rings. The van der Waals surface area contributed by atoms with Crippen LogP contribution in [0.2, 0.25) is 0 Å². The Bertz CT molecular complexity index is 470. The maximum absolute atomic E-state index is 5.37. The molecule has 19 heavy (non-hydrogen) atoms. The Morgan fingerprint density at radius 2 is 1.95 bits per heavy atom. The molecular weight excluding hydrogens is 234 g/mol. The van der Waals surface area contributed by atoms with Gasteiger partial charge in [-0.2, -0.15) is 0 Å². The maximum atomic E-state index is 5.37. The van der Waals surface area contributed by atoms with Gasteiger partial charge in [-0.25, -0.2) is 0 Å². The van der Waals surface area contributed by atoms with Crippen LogP contribution in [0, 0.1) is 29.6 Å². The van der Waals surface area contributed by atoms with Gasteiger partial charge in [0.15, 0.2) is 0 Å². The van der Waals surface area contributed by atoms with E-state index in [1.165, 1.54) is 24.8 Å². The van der Waals surface area contributed by atoms with Gasteiger partial charge in [0.2, 0.25) is 0 Å². The Hall–Kier alpha value is -1.02. The molecule has 5 atom stereocenters. The fraction of sp³-hybridized carbons (Fsp3) is 0.647. The summed E-state index contributed by atoms with van der Waals surface area (Å²) in [6, 6.07) is 9.13. The molecular formula is C17H23NO. The lowest BCUT2D eigenvalue weighted by atomic mass is 9.93. The van der Waals surface area contributed by atoms with Crippen molar-refractivity contribution in [3.05, 3.63) is 29.8 Å². The Balaban J connectivity index is 1.59. The lowest BCUT2D eigenvalue weighted by Crippen LogP contribution is -2.21. The van der Waals surface area contributed by atoms with E-state index in [0.29, 0.717) is 6.04 Å². The molecule has 0 saturated heterocycles. The first kappa shape index (κ1) is 11.8. The Labute approximate surface area is 115 Å². The highest BCUT2D eigenvalue weighted by Gasteiger charge is 2.66. The van der Waals surface area contributed by atoms with Gasteiger partial charge < -0.3 is 10.1 Å². The summed E-state index contributed by atoms with van der Waals surface area (Å²) in [6.07, 6.45) is 4.52. The van der Waals surface area contributed by atoms with E-state index in [0.717, 1.165) is 35.3 Å². The minimum Gasteiger partial charge on any atom is -0.497 e. The standard InChI is InChI=1S/C17H23NO/c1-18-17(12-4-3-5-13(9-12)19-2)16-14-10-6-7-11(8-10)15(14)16/h3-5,9-11,14-18H,6-8H2,1-2H3. The summed E-state index contributed by atoms with van der Waals surface area (Å²) in [4.78, 5) is 0. The van der Waals surface area contributed by atoms with Crippen LogP contribution < -0.4 is 10.1 Å². The molecule has 3 aliphatic rings. The summed E-state index contributed by atoms with van der Waals surface area (Å²) >= 11 is 0. The van der Waals surface area contributed by atoms with Crippen LogP contribution in [0.3, 0.4) is 0 Å². The highest BCUT2D eigenvalue weighted by Crippen LogP contribution is 2.72. The van der Waals surface area contributed by atoms with Gasteiger partial charge in [0.1, 0.15) is 5.75 Å². The third kappa shape index (κ3) is 1.66. The van der Waals surface area contributed by atoms with E-state index in [9.17, 15) is 0 Å². The maximum Gasteiger partial charge on any atom is 0.119 e. The first-order chi connectivity index (χ1) is 9.33. The van der Waals surface area contributed by atoms with E-state index in [1.54, 1.807) is 7.11 Å². The lowest BCUT2D eigenvalue weighted by molar-refractivity contribution is 0.382. The van der Waals surface area contributed by atoms with E-state index < -0.39 is 0 Å². The van der Waals surface area contributed by atoms with Crippen molar-refractivity contribution in [2.24, 2.45) is 29.6 Å². The summed E-state index contributed by atoms with van der Waals surface area (Å²) in [5, 5.41) is 3.57. The molecule has 0 heterocycles. The average Bonchev–Trinajstić information content (AvgIpc) is 2.87. The third-order valence-electron chi connectivity index (χ3n) is 5.94. The van der Waals surface area contributed by atoms with Gasteiger partial charge in [0.05, 0.1) is 7.11 Å². The van der Waals surface area contributed by atoms with Crippen LogP contribution >= 0.6 is 0 Å². The van der Waals surface area contributed by atoms with Gasteiger partial charge in [-0.3, -0.25) is 0 Å². The SMILES string of the molecule is CNC(c1cccc(OC)c1)C1C2C3CCC(C3)C21. The first-order valence-electron chi connectivity index (χ1n) is 7.64. The first-order valence-corrected chi connectivity index (χ1v) is 7.64. The van der Waals surface area contributed by atoms with Crippen molar-refractivity contribution in [2.75, 3.05) is 14.2 Å². The molecule has 1 N–H and O–H groups in total. The number of methoxy groups -OCH3 is 1. The topological polar surface area (TPSA) is 21.3 Å². The second kappa shape index (κ2) is 4.24. The molecule has 0 amide bonds. The van der Waals surface area contributed by atoms with Crippen molar-refractivity contribution in [2.45, 2.75) is 25.3 Å². The highest BCUT2D eigenvalue weighted by atomic mass is 16.5. The van der Waals surface area contributed by atoms with E-state index in [2.05, 4.69) is 30.6 Å². The predicted molar refractivity (Wildman–Crippen MR) is 76.1 cm³/mol. The highest BCUT2D eigenvalue weighted by molar-refractivity contribution is 5.33. The van der Waals surface area contributed by atoms with Crippen molar-refractivity contribution >= 4 is 0 Å². The summed E-state index contributed by atoms with van der Waals surface area (Å²) in [5.41, 5.74) is 1.40. The molecule has 3 saturated carbocycles. The minimum atomic E-state index is 0.522. The van der Waals surface area contributed by atoms with Crippen molar-refractivity contribution < 1.29 is 4.74 Å². The molecule has 4 rings (SSSR count). The Kier molecular flexibility index (Phi) is 2.63. The van der Waals surface area contributed by atoms with Crippen molar-refractivity contribution in [1.29, 1.82) is 0 Å². The summed E-state index contributed by atoms with van der Waals surface area (Å²) < 4.78 is 5.37. The normalized spacial score (nSPS) is 40.0. The molecule has 2 nitrogen and oxygen atoms in total. The molecule has 102 valence electrons. The zero-order valence-corrected chi connectivity index (χ0v) is 11.8. The second-order valence-electron chi connectivity index (χ2n) is 6.61. The number of nitrogens with one attached hydrogen (secondary N) is 1. The van der Waals surface area contributed by atoms with Crippen LogP contribution in [-0.2, 0) is 0 Å². The summed E-state index contributed by atoms with van der Waals surface area (Å²) in [6.45, 7) is 0. The van der Waals surface area contributed by atoms with E-state index >= 15 is 0 Å². The van der Waals surface area contributed by atoms with Crippen molar-refractivity contribution in [1.82, 2.24) is 5.32 Å². The summed E-state index contributed by atoms with van der Waals surface area (Å²) in [5.74, 6) is 5.97. The molecule has 1 aromatic rings. The molecule has 0 aliphatic heterocycles. The second-order valence-corrected chi connectivity index (χ2v) is 6.61. The average molecular weight is 257 g/mol. The molecule has 5 unspecified atom stereocenters. The fourth-order valence-corrected chi connectivity index (χ4v) is 5.25. The number of benzene rings is 1. The van der Waals surface area contributed by atoms with E-state index in [-0.39, 0.29) is 0 Å². The molecule has 0 spiro atoms. The van der Waals surface area contributed by atoms with E-state index in [4.69, 9.17) is 4.74 Å². The monoisotopic (exact) mass is 257 g/mol. The van der Waals surface area contributed by atoms with Crippen LogP contribution in [-0.4, -0.2) is 14.2 Å². The number of hydrogen-bond donors (Lipinski definition) is 1. The Morgan fingerprint density at radius 1 is 1.21 bits per heavy atom. The van der Waals surface area contributed by atoms with Crippen LogP contribution in [0.25, 0.3) is 0 Å².